The molecule has 1 aromatic heterocycles. The molecule has 152 valence electrons. The number of aromatic hydroxyl groups is 1. The number of carbonyl (C=O) groups is 1. The Balaban J connectivity index is 1.74. The summed E-state index contributed by atoms with van der Waals surface area (Å²) < 4.78 is 56.8. The third-order valence-corrected chi connectivity index (χ3v) is 4.20. The average Bonchev–Trinajstić information content (AvgIpc) is 3.13. The van der Waals surface area contributed by atoms with E-state index in [-0.39, 0.29) is 32.8 Å². The first-order valence-electron chi connectivity index (χ1n) is 7.71. The van der Waals surface area contributed by atoms with E-state index in [4.69, 9.17) is 27.6 Å². The predicted molar refractivity (Wildman–Crippen MR) is 94.0 cm³/mol. The third kappa shape index (κ3) is 4.77. The molecule has 29 heavy (non-hydrogen) atoms. The van der Waals surface area contributed by atoms with Gasteiger partial charge in [-0.25, -0.2) is 4.39 Å². The van der Waals surface area contributed by atoms with Crippen LogP contribution in [0.4, 0.5) is 17.6 Å². The number of phenolic OH excluding ortho intramolecular Hbond substituents is 1. The minimum Gasteiger partial charge on any atom is -0.505 e. The van der Waals surface area contributed by atoms with Gasteiger partial charge in [0.05, 0.1) is 15.6 Å². The molecule has 0 aliphatic rings. The SMILES string of the molecule is O=C(NCc1cc(F)cc(C(F)(F)F)c1)c1nnc(-c2cc(Cl)c(O)c(Cl)c2)o1. The molecule has 0 saturated carbocycles. The van der Waals surface area contributed by atoms with E-state index in [1.165, 1.54) is 12.1 Å². The molecule has 6 nitrogen and oxygen atoms in total. The molecule has 0 bridgehead atoms. The molecule has 1 amide bonds. The maximum atomic E-state index is 13.4. The van der Waals surface area contributed by atoms with Crippen molar-refractivity contribution in [2.24, 2.45) is 0 Å². The van der Waals surface area contributed by atoms with Gasteiger partial charge in [0.15, 0.2) is 5.75 Å². The summed E-state index contributed by atoms with van der Waals surface area (Å²) in [7, 11) is 0. The van der Waals surface area contributed by atoms with Crippen LogP contribution in [0.25, 0.3) is 11.5 Å². The molecule has 1 heterocycles. The molecule has 0 spiro atoms. The standard InChI is InChI=1S/C17H9Cl2F4N3O3/c18-11-3-8(4-12(19)13(11)27)15-25-26-16(29-15)14(28)24-6-7-1-9(17(21,22)23)5-10(20)2-7/h1-5,27H,6H2,(H,24,28). The highest BCUT2D eigenvalue weighted by atomic mass is 35.5. The largest absolute Gasteiger partial charge is 0.505 e. The molecule has 0 unspecified atom stereocenters. The van der Waals surface area contributed by atoms with Crippen LogP contribution in [0.3, 0.4) is 0 Å². The number of hydrogen-bond donors (Lipinski definition) is 2. The summed E-state index contributed by atoms with van der Waals surface area (Å²) in [6.45, 7) is -0.408. The summed E-state index contributed by atoms with van der Waals surface area (Å²) in [4.78, 5) is 12.1. The number of carbonyl (C=O) groups excluding carboxylic acids is 1. The maximum absolute atomic E-state index is 13.4. The smallest absolute Gasteiger partial charge is 0.416 e. The molecule has 2 N–H and O–H groups in total. The van der Waals surface area contributed by atoms with Gasteiger partial charge in [0.1, 0.15) is 5.82 Å². The van der Waals surface area contributed by atoms with Crippen molar-refractivity contribution in [2.45, 2.75) is 12.7 Å². The zero-order valence-electron chi connectivity index (χ0n) is 14.0. The quantitative estimate of drug-likeness (QED) is 0.556. The molecule has 0 aliphatic heterocycles. The van der Waals surface area contributed by atoms with Crippen molar-refractivity contribution in [1.82, 2.24) is 15.5 Å². The number of benzene rings is 2. The number of amides is 1. The topological polar surface area (TPSA) is 88.2 Å². The van der Waals surface area contributed by atoms with Crippen LogP contribution >= 0.6 is 23.2 Å². The Kier molecular flexibility index (Phi) is 5.67. The van der Waals surface area contributed by atoms with Gasteiger partial charge in [-0.3, -0.25) is 4.79 Å². The summed E-state index contributed by atoms with van der Waals surface area (Å²) in [6, 6.07) is 4.48. The maximum Gasteiger partial charge on any atom is 0.416 e. The van der Waals surface area contributed by atoms with E-state index in [9.17, 15) is 27.5 Å². The highest BCUT2D eigenvalue weighted by Gasteiger charge is 2.31. The van der Waals surface area contributed by atoms with Gasteiger partial charge in [-0.2, -0.15) is 13.2 Å². The molecule has 12 heteroatoms. The summed E-state index contributed by atoms with van der Waals surface area (Å²) in [5.74, 6) is -2.96. The highest BCUT2D eigenvalue weighted by Crippen LogP contribution is 2.36. The predicted octanol–water partition coefficient (Wildman–Crippen LogP) is 4.84. The van der Waals surface area contributed by atoms with Crippen LogP contribution in [0, 0.1) is 5.82 Å². The lowest BCUT2D eigenvalue weighted by molar-refractivity contribution is -0.137. The fourth-order valence-electron chi connectivity index (χ4n) is 2.29. The molecule has 2 aromatic carbocycles. The molecule has 0 fully saturated rings. The highest BCUT2D eigenvalue weighted by molar-refractivity contribution is 6.37. The van der Waals surface area contributed by atoms with Gasteiger partial charge in [0, 0.05) is 12.1 Å². The van der Waals surface area contributed by atoms with Gasteiger partial charge in [-0.05, 0) is 35.9 Å². The van der Waals surface area contributed by atoms with E-state index in [2.05, 4.69) is 15.5 Å². The second kappa shape index (κ2) is 7.88. The van der Waals surface area contributed by atoms with Gasteiger partial charge in [0.2, 0.25) is 5.89 Å². The first-order chi connectivity index (χ1) is 13.5. The van der Waals surface area contributed by atoms with Gasteiger partial charge >= 0.3 is 18.0 Å². The molecule has 0 atom stereocenters. The number of nitrogens with zero attached hydrogens (tertiary/aromatic N) is 2. The van der Waals surface area contributed by atoms with Crippen LogP contribution in [0.5, 0.6) is 5.75 Å². The van der Waals surface area contributed by atoms with E-state index in [1.807, 2.05) is 0 Å². The van der Waals surface area contributed by atoms with Crippen LogP contribution in [0.15, 0.2) is 34.7 Å². The lowest BCUT2D eigenvalue weighted by atomic mass is 10.1. The van der Waals surface area contributed by atoms with Crippen molar-refractivity contribution in [3.05, 3.63) is 63.2 Å². The van der Waals surface area contributed by atoms with Gasteiger partial charge < -0.3 is 14.8 Å². The Morgan fingerprint density at radius 3 is 2.38 bits per heavy atom. The van der Waals surface area contributed by atoms with Crippen LogP contribution in [-0.2, 0) is 12.7 Å². The minimum absolute atomic E-state index is 0.0803. The van der Waals surface area contributed by atoms with Crippen LogP contribution in [0.1, 0.15) is 21.8 Å². The van der Waals surface area contributed by atoms with Crippen molar-refractivity contribution < 1.29 is 31.9 Å². The van der Waals surface area contributed by atoms with Crippen molar-refractivity contribution in [3.8, 4) is 17.2 Å². The van der Waals surface area contributed by atoms with Crippen molar-refractivity contribution in [2.75, 3.05) is 0 Å². The van der Waals surface area contributed by atoms with E-state index in [1.54, 1.807) is 0 Å². The summed E-state index contributed by atoms with van der Waals surface area (Å²) in [5.41, 5.74) is -1.06. The number of hydrogen-bond acceptors (Lipinski definition) is 5. The second-order valence-electron chi connectivity index (χ2n) is 5.73. The van der Waals surface area contributed by atoms with Gasteiger partial charge in [0.25, 0.3) is 0 Å². The fourth-order valence-corrected chi connectivity index (χ4v) is 2.78. The number of alkyl halides is 3. The Morgan fingerprint density at radius 2 is 1.76 bits per heavy atom. The van der Waals surface area contributed by atoms with Crippen LogP contribution in [-0.4, -0.2) is 21.2 Å². The molecule has 0 radical (unpaired) electrons. The Hall–Kier alpha value is -2.85. The lowest BCUT2D eigenvalue weighted by Gasteiger charge is -2.09. The van der Waals surface area contributed by atoms with Crippen LogP contribution < -0.4 is 5.32 Å². The first kappa shape index (κ1) is 20.9. The van der Waals surface area contributed by atoms with Crippen molar-refractivity contribution in [3.63, 3.8) is 0 Å². The molecule has 0 aliphatic carbocycles. The first-order valence-corrected chi connectivity index (χ1v) is 8.47. The minimum atomic E-state index is -4.73. The number of rotatable bonds is 4. The number of phenols is 1. The van der Waals surface area contributed by atoms with E-state index in [0.717, 1.165) is 6.07 Å². The Labute approximate surface area is 170 Å². The van der Waals surface area contributed by atoms with E-state index >= 15 is 0 Å². The molecular formula is C17H9Cl2F4N3O3. The van der Waals surface area contributed by atoms with E-state index < -0.39 is 35.9 Å². The van der Waals surface area contributed by atoms with Gasteiger partial charge in [-0.1, -0.05) is 23.2 Å². The Morgan fingerprint density at radius 1 is 1.10 bits per heavy atom. The molecule has 0 saturated heterocycles. The summed E-state index contributed by atoms with van der Waals surface area (Å²) >= 11 is 11.6. The molecule has 3 aromatic rings. The number of halogens is 6. The summed E-state index contributed by atoms with van der Waals surface area (Å²) in [6.07, 6.45) is -4.73. The third-order valence-electron chi connectivity index (χ3n) is 3.62. The zero-order chi connectivity index (χ0) is 21.3. The van der Waals surface area contributed by atoms with E-state index in [0.29, 0.717) is 12.1 Å². The summed E-state index contributed by atoms with van der Waals surface area (Å²) in [5, 5.41) is 18.8. The lowest BCUT2D eigenvalue weighted by Crippen LogP contribution is -2.23. The second-order valence-corrected chi connectivity index (χ2v) is 6.54. The normalized spacial score (nSPS) is 11.5. The number of aromatic nitrogens is 2. The average molecular weight is 450 g/mol. The molecule has 3 rings (SSSR count). The van der Waals surface area contributed by atoms with Crippen molar-refractivity contribution >= 4 is 29.1 Å². The Bertz CT molecular complexity index is 1060. The molecular weight excluding hydrogens is 441 g/mol. The van der Waals surface area contributed by atoms with Crippen LogP contribution in [0.2, 0.25) is 10.0 Å². The fraction of sp³-hybridized carbons (Fsp3) is 0.118. The van der Waals surface area contributed by atoms with Crippen molar-refractivity contribution in [1.29, 1.82) is 0 Å². The van der Waals surface area contributed by atoms with Gasteiger partial charge in [-0.15, -0.1) is 10.2 Å². The number of nitrogens with one attached hydrogen (secondary N) is 1. The monoisotopic (exact) mass is 449 g/mol. The zero-order valence-corrected chi connectivity index (χ0v) is 15.5.